The molecule has 0 radical (unpaired) electrons. The van der Waals surface area contributed by atoms with Gasteiger partial charge in [0.25, 0.3) is 0 Å². The zero-order valence-corrected chi connectivity index (χ0v) is 10.3. The largest absolute Gasteiger partial charge is 0.416 e. The maximum Gasteiger partial charge on any atom is 0.416 e. The van der Waals surface area contributed by atoms with Gasteiger partial charge in [-0.15, -0.1) is 0 Å². The van der Waals surface area contributed by atoms with Gasteiger partial charge in [0.2, 0.25) is 0 Å². The molecule has 102 valence electrons. The molecule has 0 atom stereocenters. The number of halogens is 3. The van der Waals surface area contributed by atoms with E-state index in [1.165, 1.54) is 18.9 Å². The summed E-state index contributed by atoms with van der Waals surface area (Å²) in [4.78, 5) is 6.35. The zero-order valence-electron chi connectivity index (χ0n) is 10.3. The highest BCUT2D eigenvalue weighted by Crippen LogP contribution is 2.31. The summed E-state index contributed by atoms with van der Waals surface area (Å²) in [5.41, 5.74) is 0.500. The Morgan fingerprint density at radius 3 is 2.58 bits per heavy atom. The number of fused-ring (bicyclic) bond motifs is 1. The minimum atomic E-state index is -4.31. The number of imidazole rings is 1. The Labute approximate surface area is 108 Å². The molecule has 2 aromatic rings. The van der Waals surface area contributed by atoms with Gasteiger partial charge in [-0.25, -0.2) is 4.98 Å². The standard InChI is InChI=1S/C13H14F3N3/c14-13(15,16)10-3-4-12-11(7-10)17-8-19(12)9-18-5-1-2-6-18/h3-4,7-8H,1-2,5-6,9H2. The predicted molar refractivity (Wildman–Crippen MR) is 65.5 cm³/mol. The van der Waals surface area contributed by atoms with Crippen LogP contribution in [0.5, 0.6) is 0 Å². The van der Waals surface area contributed by atoms with Crippen molar-refractivity contribution in [1.29, 1.82) is 0 Å². The van der Waals surface area contributed by atoms with Crippen LogP contribution in [-0.4, -0.2) is 27.5 Å². The van der Waals surface area contributed by atoms with Crippen molar-refractivity contribution in [2.24, 2.45) is 0 Å². The van der Waals surface area contributed by atoms with Gasteiger partial charge in [0.05, 0.1) is 29.6 Å². The Bertz CT molecular complexity index is 582. The molecule has 1 aliphatic heterocycles. The Morgan fingerprint density at radius 2 is 1.89 bits per heavy atom. The average molecular weight is 269 g/mol. The first-order chi connectivity index (χ1) is 9.04. The van der Waals surface area contributed by atoms with Gasteiger partial charge < -0.3 is 4.57 Å². The number of aromatic nitrogens is 2. The first kappa shape index (κ1) is 12.5. The molecule has 0 amide bonds. The van der Waals surface area contributed by atoms with E-state index in [1.807, 2.05) is 4.57 Å². The van der Waals surface area contributed by atoms with E-state index in [4.69, 9.17) is 0 Å². The fourth-order valence-corrected chi connectivity index (χ4v) is 2.49. The number of benzene rings is 1. The number of hydrogen-bond donors (Lipinski definition) is 0. The first-order valence-corrected chi connectivity index (χ1v) is 6.28. The highest BCUT2D eigenvalue weighted by Gasteiger charge is 2.30. The van der Waals surface area contributed by atoms with E-state index < -0.39 is 11.7 Å². The Morgan fingerprint density at radius 1 is 1.16 bits per heavy atom. The molecule has 1 aromatic heterocycles. The average Bonchev–Trinajstić information content (AvgIpc) is 2.98. The summed E-state index contributed by atoms with van der Waals surface area (Å²) in [6.07, 6.45) is -0.328. The van der Waals surface area contributed by atoms with Gasteiger partial charge in [-0.2, -0.15) is 13.2 Å². The summed E-state index contributed by atoms with van der Waals surface area (Å²) in [6, 6.07) is 3.72. The van der Waals surface area contributed by atoms with E-state index in [2.05, 4.69) is 9.88 Å². The van der Waals surface area contributed by atoms with E-state index in [0.29, 0.717) is 12.2 Å². The number of hydrogen-bond acceptors (Lipinski definition) is 2. The van der Waals surface area contributed by atoms with E-state index in [0.717, 1.165) is 30.7 Å². The molecular formula is C13H14F3N3. The third-order valence-corrected chi connectivity index (χ3v) is 3.50. The van der Waals surface area contributed by atoms with Crippen LogP contribution in [0.15, 0.2) is 24.5 Å². The normalized spacial score (nSPS) is 17.4. The second kappa shape index (κ2) is 4.52. The molecule has 1 fully saturated rings. The van der Waals surface area contributed by atoms with Crippen LogP contribution in [0.4, 0.5) is 13.2 Å². The number of alkyl halides is 3. The third-order valence-electron chi connectivity index (χ3n) is 3.50. The van der Waals surface area contributed by atoms with Crippen molar-refractivity contribution in [3.05, 3.63) is 30.1 Å². The molecule has 2 heterocycles. The van der Waals surface area contributed by atoms with Crippen LogP contribution < -0.4 is 0 Å². The monoisotopic (exact) mass is 269 g/mol. The Kier molecular flexibility index (Phi) is 2.97. The molecular weight excluding hydrogens is 255 g/mol. The van der Waals surface area contributed by atoms with Gasteiger partial charge in [-0.1, -0.05) is 0 Å². The molecule has 0 aliphatic carbocycles. The second-order valence-electron chi connectivity index (χ2n) is 4.88. The number of rotatable bonds is 2. The van der Waals surface area contributed by atoms with Crippen LogP contribution in [-0.2, 0) is 12.8 Å². The maximum atomic E-state index is 12.6. The van der Waals surface area contributed by atoms with Crippen molar-refractivity contribution in [2.45, 2.75) is 25.7 Å². The van der Waals surface area contributed by atoms with Crippen LogP contribution in [0.3, 0.4) is 0 Å². The minimum Gasteiger partial charge on any atom is -0.317 e. The van der Waals surface area contributed by atoms with Crippen molar-refractivity contribution >= 4 is 11.0 Å². The second-order valence-corrected chi connectivity index (χ2v) is 4.88. The molecule has 0 saturated carbocycles. The Balaban J connectivity index is 1.91. The molecule has 0 N–H and O–H groups in total. The Hall–Kier alpha value is -1.56. The molecule has 3 nitrogen and oxygen atoms in total. The SMILES string of the molecule is FC(F)(F)c1ccc2c(c1)ncn2CN1CCCC1. The minimum absolute atomic E-state index is 0.397. The van der Waals surface area contributed by atoms with Gasteiger partial charge in [-0.3, -0.25) is 4.90 Å². The highest BCUT2D eigenvalue weighted by molar-refractivity contribution is 5.76. The lowest BCUT2D eigenvalue weighted by molar-refractivity contribution is -0.137. The van der Waals surface area contributed by atoms with Crippen LogP contribution in [0.1, 0.15) is 18.4 Å². The van der Waals surface area contributed by atoms with Crippen LogP contribution in [0.2, 0.25) is 0 Å². The topological polar surface area (TPSA) is 21.1 Å². The maximum absolute atomic E-state index is 12.6. The van der Waals surface area contributed by atoms with Crippen LogP contribution in [0, 0.1) is 0 Å². The smallest absolute Gasteiger partial charge is 0.317 e. The van der Waals surface area contributed by atoms with Crippen LogP contribution >= 0.6 is 0 Å². The van der Waals surface area contributed by atoms with Gasteiger partial charge in [-0.05, 0) is 44.1 Å². The molecule has 1 saturated heterocycles. The fraction of sp³-hybridized carbons (Fsp3) is 0.462. The first-order valence-electron chi connectivity index (χ1n) is 6.28. The molecule has 1 aliphatic rings. The van der Waals surface area contributed by atoms with E-state index in [9.17, 15) is 13.2 Å². The number of nitrogens with zero attached hydrogens (tertiary/aromatic N) is 3. The molecule has 1 aromatic carbocycles. The summed E-state index contributed by atoms with van der Waals surface area (Å²) < 4.78 is 39.7. The highest BCUT2D eigenvalue weighted by atomic mass is 19.4. The van der Waals surface area contributed by atoms with Gasteiger partial charge in [0.1, 0.15) is 0 Å². The summed E-state index contributed by atoms with van der Waals surface area (Å²) in [7, 11) is 0. The zero-order chi connectivity index (χ0) is 13.5. The van der Waals surface area contributed by atoms with Crippen molar-refractivity contribution in [2.75, 3.05) is 13.1 Å². The fourth-order valence-electron chi connectivity index (χ4n) is 2.49. The van der Waals surface area contributed by atoms with Gasteiger partial charge in [0, 0.05) is 0 Å². The lowest BCUT2D eigenvalue weighted by Crippen LogP contribution is -2.22. The number of likely N-dealkylation sites (tertiary alicyclic amines) is 1. The molecule has 6 heteroatoms. The molecule has 3 rings (SSSR count). The summed E-state index contributed by atoms with van der Waals surface area (Å²) in [5.74, 6) is 0. The van der Waals surface area contributed by atoms with E-state index in [-0.39, 0.29) is 0 Å². The van der Waals surface area contributed by atoms with Crippen LogP contribution in [0.25, 0.3) is 11.0 Å². The van der Waals surface area contributed by atoms with Crippen molar-refractivity contribution in [3.8, 4) is 0 Å². The molecule has 19 heavy (non-hydrogen) atoms. The van der Waals surface area contributed by atoms with Crippen molar-refractivity contribution < 1.29 is 13.2 Å². The third kappa shape index (κ3) is 2.45. The lowest BCUT2D eigenvalue weighted by Gasteiger charge is -2.15. The van der Waals surface area contributed by atoms with Crippen molar-refractivity contribution in [1.82, 2.24) is 14.5 Å². The van der Waals surface area contributed by atoms with Gasteiger partial charge >= 0.3 is 6.18 Å². The summed E-state index contributed by atoms with van der Waals surface area (Å²) in [5, 5.41) is 0. The lowest BCUT2D eigenvalue weighted by atomic mass is 10.2. The van der Waals surface area contributed by atoms with E-state index in [1.54, 1.807) is 6.33 Å². The van der Waals surface area contributed by atoms with E-state index >= 15 is 0 Å². The predicted octanol–water partition coefficient (Wildman–Crippen LogP) is 3.11. The molecule has 0 bridgehead atoms. The molecule has 0 spiro atoms. The van der Waals surface area contributed by atoms with Crippen molar-refractivity contribution in [3.63, 3.8) is 0 Å². The summed E-state index contributed by atoms with van der Waals surface area (Å²) in [6.45, 7) is 2.78. The molecule has 0 unspecified atom stereocenters. The quantitative estimate of drug-likeness (QED) is 0.835. The van der Waals surface area contributed by atoms with Gasteiger partial charge in [0.15, 0.2) is 0 Å². The summed E-state index contributed by atoms with van der Waals surface area (Å²) >= 11 is 0.